The predicted octanol–water partition coefficient (Wildman–Crippen LogP) is 1.28. The minimum Gasteiger partial charge on any atom is -1.00 e. The number of benzene rings is 2. The van der Waals surface area contributed by atoms with Gasteiger partial charge in [0.2, 0.25) is 0 Å². The average Bonchev–Trinajstić information content (AvgIpc) is 2.94. The Morgan fingerprint density at radius 1 is 0.962 bits per heavy atom. The van der Waals surface area contributed by atoms with Crippen LogP contribution in [-0.4, -0.2) is 5.91 Å². The first-order valence-corrected chi connectivity index (χ1v) is 8.85. The maximum absolute atomic E-state index is 12.2. The molecule has 0 saturated carbocycles. The van der Waals surface area contributed by atoms with E-state index in [4.69, 9.17) is 0 Å². The number of halogens is 2. The lowest BCUT2D eigenvalue weighted by Crippen LogP contribution is -3.00. The molecule has 0 atom stereocenters. The summed E-state index contributed by atoms with van der Waals surface area (Å²) in [6.45, 7) is 0.793. The van der Waals surface area contributed by atoms with Gasteiger partial charge in [-0.15, -0.1) is 0 Å². The fourth-order valence-electron chi connectivity index (χ4n) is 2.94. The highest BCUT2D eigenvalue weighted by molar-refractivity contribution is 9.10. The number of amides is 1. The highest BCUT2D eigenvalue weighted by atomic mass is 79.9. The predicted molar refractivity (Wildman–Crippen MR) is 103 cm³/mol. The van der Waals surface area contributed by atoms with Gasteiger partial charge in [0.1, 0.15) is 0 Å². The summed E-state index contributed by atoms with van der Waals surface area (Å²) in [5, 5.41) is 2.90. The molecule has 5 heteroatoms. The Morgan fingerprint density at radius 3 is 2.42 bits per heavy atom. The number of hydrogen-bond acceptors (Lipinski definition) is 1. The second-order valence-electron chi connectivity index (χ2n) is 5.95. The van der Waals surface area contributed by atoms with Gasteiger partial charge in [-0.2, -0.15) is 0 Å². The molecular weight excluding hydrogens is 412 g/mol. The quantitative estimate of drug-likeness (QED) is 0.496. The third-order valence-electron chi connectivity index (χ3n) is 4.25. The molecule has 0 bridgehead atoms. The Morgan fingerprint density at radius 2 is 1.65 bits per heavy atom. The van der Waals surface area contributed by atoms with Gasteiger partial charge in [-0.25, -0.2) is 4.57 Å². The lowest BCUT2D eigenvalue weighted by Gasteiger charge is -2.01. The number of pyridine rings is 1. The van der Waals surface area contributed by atoms with Gasteiger partial charge in [0, 0.05) is 39.0 Å². The van der Waals surface area contributed by atoms with Crippen molar-refractivity contribution >= 4 is 39.2 Å². The number of anilines is 1. The Bertz CT molecular complexity index is 983. The smallest absolute Gasteiger partial charge is 0.256 e. The van der Waals surface area contributed by atoms with E-state index in [-0.39, 0.29) is 18.3 Å². The monoisotopic (exact) mass is 426 g/mol. The zero-order chi connectivity index (χ0) is 17.2. The van der Waals surface area contributed by atoms with Gasteiger partial charge in [-0.1, -0.05) is 52.3 Å². The van der Waals surface area contributed by atoms with Crippen molar-refractivity contribution in [2.24, 2.45) is 0 Å². The number of aromatic nitrogens is 1. The summed E-state index contributed by atoms with van der Waals surface area (Å²) in [5.74, 6) is -0.0499. The summed E-state index contributed by atoms with van der Waals surface area (Å²) >= 11 is 3.58. The van der Waals surface area contributed by atoms with Gasteiger partial charge >= 0.3 is 0 Å². The number of fused-ring (bicyclic) bond motifs is 1. The van der Waals surface area contributed by atoms with Gasteiger partial charge in [0.05, 0.1) is 0 Å². The number of rotatable bonds is 3. The molecule has 2 aromatic carbocycles. The summed E-state index contributed by atoms with van der Waals surface area (Å²) in [6, 6.07) is 20.0. The number of carbonyl (C=O) groups is 1. The van der Waals surface area contributed by atoms with Crippen molar-refractivity contribution in [1.29, 1.82) is 0 Å². The maximum atomic E-state index is 12.2. The fourth-order valence-corrected chi connectivity index (χ4v) is 3.35. The molecule has 1 N–H and O–H groups in total. The van der Waals surface area contributed by atoms with Crippen LogP contribution in [0.2, 0.25) is 0 Å². The number of nitrogens with zero attached hydrogens (tertiary/aromatic N) is 1. The SMILES string of the molecule is O=C1Nc2ccccc2/C1=C\c1cc[n+](Cc2ccccc2Br)cc1.[Cl-]. The van der Waals surface area contributed by atoms with E-state index in [1.54, 1.807) is 0 Å². The molecule has 1 aliphatic rings. The number of nitrogens with one attached hydrogen (secondary N) is 1. The van der Waals surface area contributed by atoms with E-state index < -0.39 is 0 Å². The van der Waals surface area contributed by atoms with Crippen LogP contribution in [0.4, 0.5) is 5.69 Å². The molecule has 3 aromatic rings. The van der Waals surface area contributed by atoms with Crippen molar-refractivity contribution in [1.82, 2.24) is 0 Å². The lowest BCUT2D eigenvalue weighted by atomic mass is 10.0. The van der Waals surface area contributed by atoms with E-state index in [1.165, 1.54) is 5.56 Å². The Hall–Kier alpha value is -2.43. The van der Waals surface area contributed by atoms with E-state index in [9.17, 15) is 4.79 Å². The molecule has 0 radical (unpaired) electrons. The standard InChI is InChI=1S/C21H15BrN2O.ClH/c22-19-7-3-1-5-16(19)14-24-11-9-15(10-12-24)13-18-17-6-2-4-8-20(17)23-21(18)25;/h1-13H,14H2;1H. The Labute approximate surface area is 166 Å². The molecule has 2 heterocycles. The van der Waals surface area contributed by atoms with Gasteiger partial charge in [-0.3, -0.25) is 4.79 Å². The third kappa shape index (κ3) is 3.71. The molecule has 4 rings (SSSR count). The van der Waals surface area contributed by atoms with Crippen molar-refractivity contribution in [2.45, 2.75) is 6.54 Å². The van der Waals surface area contributed by atoms with Crippen LogP contribution in [0.3, 0.4) is 0 Å². The van der Waals surface area contributed by atoms with Crippen LogP contribution in [0.25, 0.3) is 11.6 Å². The molecular formula is C21H16BrClN2O. The zero-order valence-corrected chi connectivity index (χ0v) is 16.2. The van der Waals surface area contributed by atoms with Gasteiger partial charge in [0.25, 0.3) is 5.91 Å². The maximum Gasteiger partial charge on any atom is 0.256 e. The van der Waals surface area contributed by atoms with Crippen molar-refractivity contribution in [3.63, 3.8) is 0 Å². The van der Waals surface area contributed by atoms with E-state index >= 15 is 0 Å². The normalized spacial score (nSPS) is 13.9. The van der Waals surface area contributed by atoms with Gasteiger partial charge < -0.3 is 17.7 Å². The summed E-state index contributed by atoms with van der Waals surface area (Å²) in [4.78, 5) is 12.2. The summed E-state index contributed by atoms with van der Waals surface area (Å²) in [6.07, 6.45) is 6.00. The van der Waals surface area contributed by atoms with Gasteiger partial charge in [0.15, 0.2) is 18.9 Å². The van der Waals surface area contributed by atoms with Gasteiger partial charge in [-0.05, 0) is 23.8 Å². The third-order valence-corrected chi connectivity index (χ3v) is 5.02. The van der Waals surface area contributed by atoms with Crippen LogP contribution in [0, 0.1) is 0 Å². The lowest BCUT2D eigenvalue weighted by molar-refractivity contribution is -0.688. The summed E-state index contributed by atoms with van der Waals surface area (Å²) in [7, 11) is 0. The second kappa shape index (κ2) is 7.85. The minimum atomic E-state index is -0.0499. The first-order chi connectivity index (χ1) is 12.2. The molecule has 1 amide bonds. The minimum absolute atomic E-state index is 0. The number of carbonyl (C=O) groups excluding carboxylic acids is 1. The van der Waals surface area contributed by atoms with Crippen LogP contribution in [0.5, 0.6) is 0 Å². The summed E-state index contributed by atoms with van der Waals surface area (Å²) < 4.78 is 3.22. The molecule has 3 nitrogen and oxygen atoms in total. The van der Waals surface area contributed by atoms with E-state index in [0.29, 0.717) is 5.57 Å². The van der Waals surface area contributed by atoms with Crippen LogP contribution in [0.1, 0.15) is 16.7 Å². The van der Waals surface area contributed by atoms with Crippen molar-refractivity contribution in [2.75, 3.05) is 5.32 Å². The fraction of sp³-hybridized carbons (Fsp3) is 0.0476. The Kier molecular flexibility index (Phi) is 5.55. The van der Waals surface area contributed by atoms with Crippen molar-refractivity contribution < 1.29 is 21.8 Å². The molecule has 0 spiro atoms. The van der Waals surface area contributed by atoms with Crippen molar-refractivity contribution in [3.8, 4) is 0 Å². The van der Waals surface area contributed by atoms with E-state index in [2.05, 4.69) is 31.9 Å². The first kappa shape index (κ1) is 18.4. The topological polar surface area (TPSA) is 33.0 Å². The first-order valence-electron chi connectivity index (χ1n) is 8.06. The number of hydrogen-bond donors (Lipinski definition) is 1. The molecule has 0 unspecified atom stereocenters. The second-order valence-corrected chi connectivity index (χ2v) is 6.81. The zero-order valence-electron chi connectivity index (χ0n) is 13.8. The highest BCUT2D eigenvalue weighted by Crippen LogP contribution is 2.32. The van der Waals surface area contributed by atoms with Crippen LogP contribution in [-0.2, 0) is 11.3 Å². The number of para-hydroxylation sites is 1. The highest BCUT2D eigenvalue weighted by Gasteiger charge is 2.23. The Balaban J connectivity index is 0.00000196. The molecule has 130 valence electrons. The van der Waals surface area contributed by atoms with Crippen LogP contribution >= 0.6 is 15.9 Å². The molecule has 1 aromatic heterocycles. The molecule has 0 fully saturated rings. The molecule has 0 aliphatic carbocycles. The van der Waals surface area contributed by atoms with Crippen LogP contribution < -0.4 is 22.3 Å². The van der Waals surface area contributed by atoms with E-state index in [1.807, 2.05) is 73.1 Å². The van der Waals surface area contributed by atoms with Crippen LogP contribution in [0.15, 0.2) is 77.5 Å². The van der Waals surface area contributed by atoms with Crippen molar-refractivity contribution in [3.05, 3.63) is 94.2 Å². The van der Waals surface area contributed by atoms with E-state index in [0.717, 1.165) is 27.8 Å². The summed E-state index contributed by atoms with van der Waals surface area (Å²) in [5.41, 5.74) is 4.77. The molecule has 26 heavy (non-hydrogen) atoms. The molecule has 0 saturated heterocycles. The largest absolute Gasteiger partial charge is 1.00 e. The molecule has 1 aliphatic heterocycles. The average molecular weight is 428 g/mol.